The van der Waals surface area contributed by atoms with Crippen LogP contribution in [0.3, 0.4) is 0 Å². The summed E-state index contributed by atoms with van der Waals surface area (Å²) in [7, 11) is 0. The fourth-order valence-electron chi connectivity index (χ4n) is 1.60. The summed E-state index contributed by atoms with van der Waals surface area (Å²) in [4.78, 5) is 0. The summed E-state index contributed by atoms with van der Waals surface area (Å²) in [5.74, 6) is 0. The summed E-state index contributed by atoms with van der Waals surface area (Å²) in [6.45, 7) is 0.711. The zero-order chi connectivity index (χ0) is 10.9. The van der Waals surface area contributed by atoms with Crippen LogP contribution in [0, 0.1) is 0 Å². The molecule has 1 atom stereocenters. The number of alkyl halides is 1. The lowest BCUT2D eigenvalue weighted by molar-refractivity contribution is 0.0301. The van der Waals surface area contributed by atoms with Gasteiger partial charge in [-0.05, 0) is 29.3 Å². The van der Waals surface area contributed by atoms with Crippen LogP contribution in [-0.2, 0) is 5.60 Å². The molecule has 78 valence electrons. The molecule has 2 aromatic rings. The van der Waals surface area contributed by atoms with Crippen molar-refractivity contribution in [1.82, 2.24) is 0 Å². The number of hydrogen-bond donors (Lipinski definition) is 1. The van der Waals surface area contributed by atoms with Crippen molar-refractivity contribution in [2.75, 3.05) is 6.67 Å². The van der Waals surface area contributed by atoms with Crippen LogP contribution < -0.4 is 0 Å². The Morgan fingerprint density at radius 2 is 1.80 bits per heavy atom. The minimum Gasteiger partial charge on any atom is -0.383 e. The minimum atomic E-state index is -1.38. The second kappa shape index (κ2) is 3.63. The molecule has 0 radical (unpaired) electrons. The number of rotatable bonds is 2. The number of benzene rings is 2. The molecule has 1 nitrogen and oxygen atoms in total. The average molecular weight is 204 g/mol. The van der Waals surface area contributed by atoms with Gasteiger partial charge >= 0.3 is 0 Å². The molecule has 0 aromatic heterocycles. The van der Waals surface area contributed by atoms with Crippen molar-refractivity contribution in [3.63, 3.8) is 0 Å². The summed E-state index contributed by atoms with van der Waals surface area (Å²) < 4.78 is 12.6. The summed E-state index contributed by atoms with van der Waals surface area (Å²) in [6, 6.07) is 13.3. The van der Waals surface area contributed by atoms with Gasteiger partial charge in [-0.15, -0.1) is 0 Å². The Balaban J connectivity index is 2.56. The fourth-order valence-corrected chi connectivity index (χ4v) is 1.60. The molecule has 0 amide bonds. The third-order valence-corrected chi connectivity index (χ3v) is 2.63. The van der Waals surface area contributed by atoms with E-state index in [1.807, 2.05) is 36.4 Å². The van der Waals surface area contributed by atoms with Gasteiger partial charge in [0.1, 0.15) is 12.3 Å². The lowest BCUT2D eigenvalue weighted by Crippen LogP contribution is -2.23. The van der Waals surface area contributed by atoms with Gasteiger partial charge in [-0.25, -0.2) is 4.39 Å². The van der Waals surface area contributed by atoms with E-state index in [9.17, 15) is 9.50 Å². The van der Waals surface area contributed by atoms with E-state index in [-0.39, 0.29) is 0 Å². The molecule has 0 fully saturated rings. The van der Waals surface area contributed by atoms with E-state index in [1.165, 1.54) is 6.92 Å². The van der Waals surface area contributed by atoms with Crippen molar-refractivity contribution in [3.05, 3.63) is 48.0 Å². The number of aliphatic hydroxyl groups is 1. The molecule has 0 saturated carbocycles. The van der Waals surface area contributed by atoms with E-state index in [0.717, 1.165) is 10.8 Å². The predicted octanol–water partition coefficient (Wildman–Crippen LogP) is 3.02. The van der Waals surface area contributed by atoms with E-state index in [4.69, 9.17) is 0 Å². The van der Waals surface area contributed by atoms with Crippen molar-refractivity contribution in [2.45, 2.75) is 12.5 Å². The number of hydrogen-bond acceptors (Lipinski definition) is 1. The second-order valence-electron chi connectivity index (χ2n) is 3.97. The first kappa shape index (κ1) is 10.1. The van der Waals surface area contributed by atoms with Crippen molar-refractivity contribution in [1.29, 1.82) is 0 Å². The number of fused-ring (bicyclic) bond motifs is 1. The van der Waals surface area contributed by atoms with Gasteiger partial charge in [-0.1, -0.05) is 36.4 Å². The van der Waals surface area contributed by atoms with Crippen LogP contribution in [0.1, 0.15) is 12.5 Å². The molecule has 0 bridgehead atoms. The quantitative estimate of drug-likeness (QED) is 0.797. The van der Waals surface area contributed by atoms with E-state index in [2.05, 4.69) is 0 Å². The molecule has 0 aliphatic heterocycles. The second-order valence-corrected chi connectivity index (χ2v) is 3.97. The van der Waals surface area contributed by atoms with E-state index >= 15 is 0 Å². The molecule has 0 unspecified atom stereocenters. The summed E-state index contributed by atoms with van der Waals surface area (Å²) in [5, 5.41) is 11.9. The van der Waals surface area contributed by atoms with Gasteiger partial charge in [0, 0.05) is 0 Å². The van der Waals surface area contributed by atoms with Crippen molar-refractivity contribution in [2.24, 2.45) is 0 Å². The summed E-state index contributed by atoms with van der Waals surface area (Å²) >= 11 is 0. The minimum absolute atomic E-state index is 0.615. The monoisotopic (exact) mass is 204 g/mol. The lowest BCUT2D eigenvalue weighted by atomic mass is 9.95. The summed E-state index contributed by atoms with van der Waals surface area (Å²) in [6.07, 6.45) is 0. The lowest BCUT2D eigenvalue weighted by Gasteiger charge is -2.20. The Morgan fingerprint density at radius 1 is 1.13 bits per heavy atom. The maximum Gasteiger partial charge on any atom is 0.122 e. The van der Waals surface area contributed by atoms with Crippen LogP contribution in [0.25, 0.3) is 10.8 Å². The molecule has 2 rings (SSSR count). The maximum absolute atomic E-state index is 12.6. The smallest absolute Gasteiger partial charge is 0.122 e. The third kappa shape index (κ3) is 1.85. The zero-order valence-corrected chi connectivity index (χ0v) is 8.57. The highest BCUT2D eigenvalue weighted by molar-refractivity contribution is 5.83. The zero-order valence-electron chi connectivity index (χ0n) is 8.57. The largest absolute Gasteiger partial charge is 0.383 e. The van der Waals surface area contributed by atoms with Gasteiger partial charge in [0.25, 0.3) is 0 Å². The molecule has 2 heteroatoms. The first-order valence-corrected chi connectivity index (χ1v) is 4.91. The molecule has 0 saturated heterocycles. The van der Waals surface area contributed by atoms with Gasteiger partial charge in [0.15, 0.2) is 0 Å². The normalized spacial score (nSPS) is 15.1. The van der Waals surface area contributed by atoms with Crippen LogP contribution in [0.5, 0.6) is 0 Å². The van der Waals surface area contributed by atoms with E-state index in [1.54, 1.807) is 6.07 Å². The number of halogens is 1. The Morgan fingerprint density at radius 3 is 2.47 bits per heavy atom. The molecule has 0 spiro atoms. The van der Waals surface area contributed by atoms with E-state index in [0.29, 0.717) is 5.56 Å². The Labute approximate surface area is 88.2 Å². The highest BCUT2D eigenvalue weighted by Crippen LogP contribution is 2.25. The van der Waals surface area contributed by atoms with Crippen molar-refractivity contribution >= 4 is 10.8 Å². The fraction of sp³-hybridized carbons (Fsp3) is 0.231. The van der Waals surface area contributed by atoms with Crippen LogP contribution >= 0.6 is 0 Å². The average Bonchev–Trinajstić information content (AvgIpc) is 2.28. The SMILES string of the molecule is C[C@@](O)(CF)c1ccc2ccccc2c1. The highest BCUT2D eigenvalue weighted by atomic mass is 19.1. The Bertz CT molecular complexity index is 477. The molecule has 0 aliphatic carbocycles. The van der Waals surface area contributed by atoms with Gasteiger partial charge in [0.2, 0.25) is 0 Å². The van der Waals surface area contributed by atoms with E-state index < -0.39 is 12.3 Å². The predicted molar refractivity (Wildman–Crippen MR) is 59.5 cm³/mol. The first-order chi connectivity index (χ1) is 7.13. The van der Waals surface area contributed by atoms with Gasteiger partial charge in [0.05, 0.1) is 0 Å². The van der Waals surface area contributed by atoms with Gasteiger partial charge in [-0.3, -0.25) is 0 Å². The topological polar surface area (TPSA) is 20.2 Å². The Hall–Kier alpha value is -1.41. The van der Waals surface area contributed by atoms with Gasteiger partial charge < -0.3 is 5.11 Å². The molecule has 2 aromatic carbocycles. The first-order valence-electron chi connectivity index (χ1n) is 4.91. The van der Waals surface area contributed by atoms with Crippen LogP contribution in [-0.4, -0.2) is 11.8 Å². The summed E-state index contributed by atoms with van der Waals surface area (Å²) in [5.41, 5.74) is -0.770. The standard InChI is InChI=1S/C13H13FO/c1-13(15,9-14)12-7-6-10-4-2-3-5-11(10)8-12/h2-8,15H,9H2,1H3/t13-/m1/s1. The third-order valence-electron chi connectivity index (χ3n) is 2.63. The molecule has 1 N–H and O–H groups in total. The van der Waals surface area contributed by atoms with Gasteiger partial charge in [-0.2, -0.15) is 0 Å². The highest BCUT2D eigenvalue weighted by Gasteiger charge is 2.22. The molecular weight excluding hydrogens is 191 g/mol. The maximum atomic E-state index is 12.6. The van der Waals surface area contributed by atoms with Crippen LogP contribution in [0.4, 0.5) is 4.39 Å². The van der Waals surface area contributed by atoms with Crippen molar-refractivity contribution < 1.29 is 9.50 Å². The molecule has 0 aliphatic rings. The Kier molecular flexibility index (Phi) is 2.45. The van der Waals surface area contributed by atoms with Crippen molar-refractivity contribution in [3.8, 4) is 0 Å². The molecular formula is C13H13FO. The van der Waals surface area contributed by atoms with Crippen LogP contribution in [0.2, 0.25) is 0 Å². The molecule has 15 heavy (non-hydrogen) atoms. The van der Waals surface area contributed by atoms with Crippen LogP contribution in [0.15, 0.2) is 42.5 Å². The molecule has 0 heterocycles.